The molecule has 2 aromatic heterocycles. The first-order valence-corrected chi connectivity index (χ1v) is 9.41. The lowest BCUT2D eigenvalue weighted by molar-refractivity contribution is -0.127. The van der Waals surface area contributed by atoms with E-state index >= 15 is 0 Å². The zero-order chi connectivity index (χ0) is 17.2. The van der Waals surface area contributed by atoms with Crippen LogP contribution in [0.25, 0.3) is 5.65 Å². The van der Waals surface area contributed by atoms with Crippen LogP contribution in [0.5, 0.6) is 0 Å². The molecular weight excluding hydrogens is 318 g/mol. The molecule has 0 saturated heterocycles. The molecule has 2 saturated carbocycles. The van der Waals surface area contributed by atoms with E-state index in [4.69, 9.17) is 0 Å². The van der Waals surface area contributed by atoms with Gasteiger partial charge in [-0.2, -0.15) is 0 Å². The number of rotatable bonds is 4. The molecule has 2 aliphatic carbocycles. The van der Waals surface area contributed by atoms with Gasteiger partial charge >= 0.3 is 0 Å². The van der Waals surface area contributed by atoms with Gasteiger partial charge in [-0.25, -0.2) is 0 Å². The SMILES string of the molecule is O=C(NCCc1nnc2c(=O)[nH]ccn12)C1CCC2CCCCC2C1. The minimum absolute atomic E-state index is 0.164. The predicted molar refractivity (Wildman–Crippen MR) is 93.1 cm³/mol. The van der Waals surface area contributed by atoms with Gasteiger partial charge in [0.2, 0.25) is 11.6 Å². The average molecular weight is 343 g/mol. The Kier molecular flexibility index (Phi) is 4.55. The van der Waals surface area contributed by atoms with E-state index in [9.17, 15) is 9.59 Å². The van der Waals surface area contributed by atoms with Crippen LogP contribution in [-0.2, 0) is 11.2 Å². The molecule has 0 bridgehead atoms. The Morgan fingerprint density at radius 3 is 2.92 bits per heavy atom. The van der Waals surface area contributed by atoms with Crippen molar-refractivity contribution in [3.05, 3.63) is 28.6 Å². The average Bonchev–Trinajstić information content (AvgIpc) is 3.06. The lowest BCUT2D eigenvalue weighted by Gasteiger charge is -2.38. The molecule has 0 aliphatic heterocycles. The van der Waals surface area contributed by atoms with E-state index in [-0.39, 0.29) is 17.4 Å². The summed E-state index contributed by atoms with van der Waals surface area (Å²) in [6.45, 7) is 0.525. The van der Waals surface area contributed by atoms with Crippen molar-refractivity contribution in [2.45, 2.75) is 51.4 Å². The molecule has 1 amide bonds. The van der Waals surface area contributed by atoms with Gasteiger partial charge in [-0.1, -0.05) is 25.7 Å². The minimum atomic E-state index is -0.255. The molecule has 0 spiro atoms. The number of nitrogens with one attached hydrogen (secondary N) is 2. The Morgan fingerprint density at radius 2 is 2.04 bits per heavy atom. The van der Waals surface area contributed by atoms with Crippen LogP contribution in [0.1, 0.15) is 50.8 Å². The fourth-order valence-electron chi connectivity index (χ4n) is 4.61. The lowest BCUT2D eigenvalue weighted by atomic mass is 9.67. The van der Waals surface area contributed by atoms with Crippen molar-refractivity contribution in [1.29, 1.82) is 0 Å². The van der Waals surface area contributed by atoms with Gasteiger partial charge in [0.25, 0.3) is 5.56 Å². The number of H-pyrrole nitrogens is 1. The fraction of sp³-hybridized carbons (Fsp3) is 0.667. The zero-order valence-corrected chi connectivity index (χ0v) is 14.4. The molecule has 0 radical (unpaired) electrons. The number of fused-ring (bicyclic) bond motifs is 2. The first kappa shape index (κ1) is 16.3. The van der Waals surface area contributed by atoms with Gasteiger partial charge in [-0.3, -0.25) is 14.0 Å². The molecule has 25 heavy (non-hydrogen) atoms. The number of aromatic amines is 1. The van der Waals surface area contributed by atoms with E-state index in [2.05, 4.69) is 20.5 Å². The number of carbonyl (C=O) groups is 1. The third kappa shape index (κ3) is 3.32. The van der Waals surface area contributed by atoms with Gasteiger partial charge in [0.15, 0.2) is 0 Å². The summed E-state index contributed by atoms with van der Waals surface area (Å²) < 4.78 is 1.68. The predicted octanol–water partition coefficient (Wildman–Crippen LogP) is 1.68. The van der Waals surface area contributed by atoms with Crippen LogP contribution in [-0.4, -0.2) is 32.0 Å². The summed E-state index contributed by atoms with van der Waals surface area (Å²) in [6, 6.07) is 0. The maximum atomic E-state index is 12.5. The molecule has 4 rings (SSSR count). The number of aromatic nitrogens is 4. The highest BCUT2D eigenvalue weighted by atomic mass is 16.2. The molecule has 7 nitrogen and oxygen atoms in total. The lowest BCUT2D eigenvalue weighted by Crippen LogP contribution is -2.38. The van der Waals surface area contributed by atoms with Crippen molar-refractivity contribution >= 4 is 11.6 Å². The molecule has 2 fully saturated rings. The monoisotopic (exact) mass is 343 g/mol. The van der Waals surface area contributed by atoms with Crippen molar-refractivity contribution in [1.82, 2.24) is 24.9 Å². The van der Waals surface area contributed by atoms with Crippen molar-refractivity contribution < 1.29 is 4.79 Å². The number of hydrogen-bond acceptors (Lipinski definition) is 4. The van der Waals surface area contributed by atoms with Crippen LogP contribution >= 0.6 is 0 Å². The molecule has 3 atom stereocenters. The molecule has 2 heterocycles. The Balaban J connectivity index is 1.31. The summed E-state index contributed by atoms with van der Waals surface area (Å²) >= 11 is 0. The maximum Gasteiger partial charge on any atom is 0.293 e. The molecule has 3 unspecified atom stereocenters. The van der Waals surface area contributed by atoms with E-state index in [1.165, 1.54) is 32.1 Å². The molecule has 2 aromatic rings. The van der Waals surface area contributed by atoms with Crippen molar-refractivity contribution in [3.63, 3.8) is 0 Å². The Bertz CT molecular complexity index is 811. The number of nitrogens with zero attached hydrogens (tertiary/aromatic N) is 3. The van der Waals surface area contributed by atoms with E-state index in [1.54, 1.807) is 16.8 Å². The standard InChI is InChI=1S/C18H25N5O2/c24-17(14-6-5-12-3-1-2-4-13(12)11-14)19-8-7-15-21-22-16-18(25)20-9-10-23(15)16/h9-10,12-14H,1-8,11H2,(H,19,24)(H,20,25). The molecule has 134 valence electrons. The Morgan fingerprint density at radius 1 is 1.20 bits per heavy atom. The van der Waals surface area contributed by atoms with Crippen molar-refractivity contribution in [2.24, 2.45) is 17.8 Å². The Hall–Kier alpha value is -2.18. The van der Waals surface area contributed by atoms with Crippen LogP contribution in [0.4, 0.5) is 0 Å². The van der Waals surface area contributed by atoms with Gasteiger partial charge in [0, 0.05) is 31.3 Å². The zero-order valence-electron chi connectivity index (χ0n) is 14.4. The van der Waals surface area contributed by atoms with E-state index < -0.39 is 0 Å². The van der Waals surface area contributed by atoms with Crippen LogP contribution in [0.15, 0.2) is 17.2 Å². The van der Waals surface area contributed by atoms with Crippen molar-refractivity contribution in [2.75, 3.05) is 6.54 Å². The highest BCUT2D eigenvalue weighted by Gasteiger charge is 2.34. The van der Waals surface area contributed by atoms with Gasteiger partial charge < -0.3 is 10.3 Å². The normalized spacial score (nSPS) is 26.3. The van der Waals surface area contributed by atoms with Gasteiger partial charge in [-0.15, -0.1) is 10.2 Å². The Labute approximate surface area is 146 Å². The van der Waals surface area contributed by atoms with Crippen LogP contribution in [0, 0.1) is 17.8 Å². The minimum Gasteiger partial charge on any atom is -0.355 e. The fourth-order valence-corrected chi connectivity index (χ4v) is 4.61. The van der Waals surface area contributed by atoms with Crippen LogP contribution in [0.3, 0.4) is 0 Å². The summed E-state index contributed by atoms with van der Waals surface area (Å²) in [6.07, 6.45) is 12.5. The second-order valence-corrected chi connectivity index (χ2v) is 7.45. The first-order valence-electron chi connectivity index (χ1n) is 9.41. The third-order valence-electron chi connectivity index (χ3n) is 5.97. The van der Waals surface area contributed by atoms with E-state index in [0.29, 0.717) is 24.4 Å². The van der Waals surface area contributed by atoms with Crippen LogP contribution < -0.4 is 10.9 Å². The smallest absolute Gasteiger partial charge is 0.293 e. The summed E-state index contributed by atoms with van der Waals surface area (Å²) in [5, 5.41) is 11.0. The topological polar surface area (TPSA) is 92.2 Å². The summed E-state index contributed by atoms with van der Waals surface area (Å²) in [4.78, 5) is 26.7. The maximum absolute atomic E-state index is 12.5. The quantitative estimate of drug-likeness (QED) is 0.883. The van der Waals surface area contributed by atoms with Gasteiger partial charge in [0.1, 0.15) is 5.82 Å². The van der Waals surface area contributed by atoms with Crippen LogP contribution in [0.2, 0.25) is 0 Å². The number of amides is 1. The van der Waals surface area contributed by atoms with E-state index in [1.807, 2.05) is 0 Å². The van der Waals surface area contributed by atoms with E-state index in [0.717, 1.165) is 24.7 Å². The summed E-state index contributed by atoms with van der Waals surface area (Å²) in [5.41, 5.74) is 0.0361. The third-order valence-corrected chi connectivity index (χ3v) is 5.97. The second kappa shape index (κ2) is 6.98. The largest absolute Gasteiger partial charge is 0.355 e. The summed E-state index contributed by atoms with van der Waals surface area (Å²) in [7, 11) is 0. The highest BCUT2D eigenvalue weighted by Crippen LogP contribution is 2.42. The molecule has 2 N–H and O–H groups in total. The van der Waals surface area contributed by atoms with Gasteiger partial charge in [0.05, 0.1) is 0 Å². The molecule has 0 aromatic carbocycles. The molecular formula is C18H25N5O2. The number of carbonyl (C=O) groups excluding carboxylic acids is 1. The van der Waals surface area contributed by atoms with Gasteiger partial charge in [-0.05, 0) is 31.1 Å². The highest BCUT2D eigenvalue weighted by molar-refractivity contribution is 5.78. The first-order chi connectivity index (χ1) is 12.2. The molecule has 7 heteroatoms. The number of hydrogen-bond donors (Lipinski definition) is 2. The second-order valence-electron chi connectivity index (χ2n) is 7.45. The van der Waals surface area contributed by atoms with Crippen molar-refractivity contribution in [3.8, 4) is 0 Å². The summed E-state index contributed by atoms with van der Waals surface area (Å²) in [5.74, 6) is 2.65. The molecule has 2 aliphatic rings.